The summed E-state index contributed by atoms with van der Waals surface area (Å²) in [4.78, 5) is 19.0. The topological polar surface area (TPSA) is 42.0 Å². The van der Waals surface area contributed by atoms with Gasteiger partial charge in [-0.3, -0.25) is 10.1 Å². The molecule has 0 aliphatic heterocycles. The first-order valence-corrected chi connectivity index (χ1v) is 8.64. The van der Waals surface area contributed by atoms with Gasteiger partial charge in [-0.25, -0.2) is 4.98 Å². The van der Waals surface area contributed by atoms with Crippen LogP contribution in [0.4, 0.5) is 5.13 Å². The predicted molar refractivity (Wildman–Crippen MR) is 87.2 cm³/mol. The Bertz CT molecular complexity index is 740. The first kappa shape index (κ1) is 13.5. The average molecular weight is 320 g/mol. The van der Waals surface area contributed by atoms with Gasteiger partial charge in [0.25, 0.3) is 5.91 Å². The van der Waals surface area contributed by atoms with E-state index < -0.39 is 0 Å². The van der Waals surface area contributed by atoms with Gasteiger partial charge in [-0.15, -0.1) is 34.0 Å². The number of rotatable bonds is 3. The molecule has 0 spiro atoms. The smallest absolute Gasteiger partial charge is 0.258 e. The second-order valence-corrected chi connectivity index (χ2v) is 7.19. The second kappa shape index (κ2) is 5.47. The van der Waals surface area contributed by atoms with Crippen LogP contribution in [0, 0.1) is 13.8 Å². The first-order valence-electron chi connectivity index (χ1n) is 6.00. The summed E-state index contributed by atoms with van der Waals surface area (Å²) in [5, 5.41) is 9.40. The summed E-state index contributed by atoms with van der Waals surface area (Å²) < 4.78 is 0. The van der Waals surface area contributed by atoms with E-state index >= 15 is 0 Å². The van der Waals surface area contributed by atoms with E-state index in [-0.39, 0.29) is 5.91 Å². The summed E-state index contributed by atoms with van der Waals surface area (Å²) >= 11 is 4.69. The van der Waals surface area contributed by atoms with Crippen LogP contribution >= 0.6 is 34.0 Å². The zero-order valence-electron chi connectivity index (χ0n) is 11.0. The molecule has 102 valence electrons. The van der Waals surface area contributed by atoms with E-state index in [0.717, 1.165) is 21.7 Å². The number of carbonyl (C=O) groups excluding carboxylic acids is 1. The third kappa shape index (κ3) is 2.54. The highest BCUT2D eigenvalue weighted by atomic mass is 32.1. The molecule has 0 saturated heterocycles. The van der Waals surface area contributed by atoms with E-state index in [2.05, 4.69) is 10.3 Å². The van der Waals surface area contributed by atoms with Gasteiger partial charge in [0.1, 0.15) is 0 Å². The minimum atomic E-state index is -0.0843. The maximum atomic E-state index is 12.2. The number of thiophene rings is 2. The Balaban J connectivity index is 1.78. The van der Waals surface area contributed by atoms with Crippen molar-refractivity contribution in [2.45, 2.75) is 13.8 Å². The summed E-state index contributed by atoms with van der Waals surface area (Å²) in [6, 6.07) is 4.02. The highest BCUT2D eigenvalue weighted by Crippen LogP contribution is 2.29. The van der Waals surface area contributed by atoms with Crippen molar-refractivity contribution in [3.8, 4) is 10.6 Å². The number of thiazole rings is 1. The Hall–Kier alpha value is -1.50. The predicted octanol–water partition coefficient (Wildman–Crippen LogP) is 4.80. The van der Waals surface area contributed by atoms with Crippen molar-refractivity contribution < 1.29 is 4.79 Å². The highest BCUT2D eigenvalue weighted by molar-refractivity contribution is 7.16. The lowest BCUT2D eigenvalue weighted by Crippen LogP contribution is -2.12. The first-order chi connectivity index (χ1) is 9.65. The number of amides is 1. The van der Waals surface area contributed by atoms with Crippen LogP contribution in [-0.2, 0) is 0 Å². The van der Waals surface area contributed by atoms with Crippen LogP contribution in [0.3, 0.4) is 0 Å². The van der Waals surface area contributed by atoms with Gasteiger partial charge < -0.3 is 0 Å². The zero-order chi connectivity index (χ0) is 14.1. The summed E-state index contributed by atoms with van der Waals surface area (Å²) in [6.07, 6.45) is 0. The SMILES string of the molecule is Cc1scc(C(=O)Nc2nc(-c3cccs3)cs2)c1C. The molecule has 3 rings (SSSR count). The van der Waals surface area contributed by atoms with E-state index in [1.807, 2.05) is 42.1 Å². The average Bonchev–Trinajstić information content (AvgIpc) is 3.12. The second-order valence-electron chi connectivity index (χ2n) is 4.30. The molecule has 3 aromatic heterocycles. The monoisotopic (exact) mass is 320 g/mol. The molecule has 0 saturated carbocycles. The van der Waals surface area contributed by atoms with Crippen LogP contribution in [0.15, 0.2) is 28.3 Å². The van der Waals surface area contributed by atoms with Gasteiger partial charge in [0, 0.05) is 15.6 Å². The minimum Gasteiger partial charge on any atom is -0.298 e. The lowest BCUT2D eigenvalue weighted by atomic mass is 10.2. The number of hydrogen-bond donors (Lipinski definition) is 1. The molecule has 0 unspecified atom stereocenters. The maximum absolute atomic E-state index is 12.2. The van der Waals surface area contributed by atoms with Crippen molar-refractivity contribution in [1.29, 1.82) is 0 Å². The van der Waals surface area contributed by atoms with Crippen molar-refractivity contribution >= 4 is 45.0 Å². The van der Waals surface area contributed by atoms with Gasteiger partial charge in [-0.1, -0.05) is 6.07 Å². The Kier molecular flexibility index (Phi) is 3.69. The molecular formula is C14H12N2OS3. The van der Waals surface area contributed by atoms with Crippen LogP contribution in [0.2, 0.25) is 0 Å². The Morgan fingerprint density at radius 2 is 2.05 bits per heavy atom. The third-order valence-electron chi connectivity index (χ3n) is 3.03. The molecular weight excluding hydrogens is 308 g/mol. The Labute approximate surface area is 128 Å². The van der Waals surface area contributed by atoms with Crippen molar-refractivity contribution in [2.75, 3.05) is 5.32 Å². The molecule has 3 nitrogen and oxygen atoms in total. The van der Waals surface area contributed by atoms with Crippen molar-refractivity contribution in [1.82, 2.24) is 4.98 Å². The Morgan fingerprint density at radius 3 is 2.70 bits per heavy atom. The standard InChI is InChI=1S/C14H12N2OS3/c1-8-9(2)19-6-10(8)13(17)16-14-15-11(7-20-14)12-4-3-5-18-12/h3-7H,1-2H3,(H,15,16,17). The van der Waals surface area contributed by atoms with E-state index in [9.17, 15) is 4.79 Å². The fourth-order valence-electron chi connectivity index (χ4n) is 1.77. The molecule has 0 aliphatic carbocycles. The van der Waals surface area contributed by atoms with Gasteiger partial charge in [0.15, 0.2) is 5.13 Å². The van der Waals surface area contributed by atoms with Gasteiger partial charge >= 0.3 is 0 Å². The van der Waals surface area contributed by atoms with Crippen molar-refractivity contribution in [3.05, 3.63) is 44.3 Å². The number of hydrogen-bond acceptors (Lipinski definition) is 5. The van der Waals surface area contributed by atoms with E-state index in [1.54, 1.807) is 22.7 Å². The lowest BCUT2D eigenvalue weighted by Gasteiger charge is -2.00. The molecule has 6 heteroatoms. The van der Waals surface area contributed by atoms with Crippen molar-refractivity contribution in [2.24, 2.45) is 0 Å². The molecule has 3 heterocycles. The van der Waals surface area contributed by atoms with Gasteiger partial charge in [0.05, 0.1) is 16.1 Å². The quantitative estimate of drug-likeness (QED) is 0.753. The molecule has 3 aromatic rings. The molecule has 0 radical (unpaired) electrons. The highest BCUT2D eigenvalue weighted by Gasteiger charge is 2.14. The van der Waals surface area contributed by atoms with Crippen LogP contribution < -0.4 is 5.32 Å². The minimum absolute atomic E-state index is 0.0843. The van der Waals surface area contributed by atoms with Crippen LogP contribution in [0.5, 0.6) is 0 Å². The Morgan fingerprint density at radius 1 is 1.20 bits per heavy atom. The lowest BCUT2D eigenvalue weighted by molar-refractivity contribution is 0.102. The molecule has 0 bridgehead atoms. The number of carbonyl (C=O) groups is 1. The zero-order valence-corrected chi connectivity index (χ0v) is 13.4. The molecule has 0 aromatic carbocycles. The third-order valence-corrected chi connectivity index (χ3v) is 5.69. The van der Waals surface area contributed by atoms with Gasteiger partial charge in [-0.05, 0) is 30.9 Å². The molecule has 0 aliphatic rings. The molecule has 0 atom stereocenters. The van der Waals surface area contributed by atoms with Gasteiger partial charge in [-0.2, -0.15) is 0 Å². The number of nitrogens with zero attached hydrogens (tertiary/aromatic N) is 1. The summed E-state index contributed by atoms with van der Waals surface area (Å²) in [5.41, 5.74) is 2.70. The van der Waals surface area contributed by atoms with Crippen LogP contribution in [0.25, 0.3) is 10.6 Å². The van der Waals surface area contributed by atoms with E-state index in [1.165, 1.54) is 16.2 Å². The number of aryl methyl sites for hydroxylation is 1. The molecule has 20 heavy (non-hydrogen) atoms. The fraction of sp³-hybridized carbons (Fsp3) is 0.143. The molecule has 1 N–H and O–H groups in total. The number of aromatic nitrogens is 1. The summed E-state index contributed by atoms with van der Waals surface area (Å²) in [6.45, 7) is 3.99. The van der Waals surface area contributed by atoms with E-state index in [0.29, 0.717) is 5.13 Å². The maximum Gasteiger partial charge on any atom is 0.258 e. The van der Waals surface area contributed by atoms with Crippen LogP contribution in [-0.4, -0.2) is 10.9 Å². The summed E-state index contributed by atoms with van der Waals surface area (Å²) in [5.74, 6) is -0.0843. The summed E-state index contributed by atoms with van der Waals surface area (Å²) in [7, 11) is 0. The van der Waals surface area contributed by atoms with Gasteiger partial charge in [0.2, 0.25) is 0 Å². The molecule has 0 fully saturated rings. The molecule has 1 amide bonds. The normalized spacial score (nSPS) is 10.7. The largest absolute Gasteiger partial charge is 0.298 e. The van der Waals surface area contributed by atoms with Crippen molar-refractivity contribution in [3.63, 3.8) is 0 Å². The number of anilines is 1. The fourth-order valence-corrected chi connectivity index (χ4v) is 4.10. The van der Waals surface area contributed by atoms with Crippen LogP contribution in [0.1, 0.15) is 20.8 Å². The van der Waals surface area contributed by atoms with E-state index in [4.69, 9.17) is 0 Å². The number of nitrogens with one attached hydrogen (secondary N) is 1.